The first kappa shape index (κ1) is 18.0. The maximum absolute atomic E-state index is 11.8. The first-order chi connectivity index (χ1) is 9.57. The minimum atomic E-state index is -4.56. The number of hydrogen-bond acceptors (Lipinski definition) is 4. The van der Waals surface area contributed by atoms with Gasteiger partial charge >= 0.3 is 12.5 Å². The fraction of sp³-hybridized carbons (Fsp3) is 0.923. The second-order valence-electron chi connectivity index (χ2n) is 5.96. The van der Waals surface area contributed by atoms with Gasteiger partial charge in [-0.1, -0.05) is 0 Å². The number of carbonyl (C=O) groups is 1. The molecule has 1 aliphatic heterocycles. The summed E-state index contributed by atoms with van der Waals surface area (Å²) in [5.74, 6) is 0. The lowest BCUT2D eigenvalue weighted by atomic mass is 10.2. The van der Waals surface area contributed by atoms with Crippen LogP contribution in [0.5, 0.6) is 0 Å². The summed E-state index contributed by atoms with van der Waals surface area (Å²) in [7, 11) is 0. The number of alkyl halides is 3. The van der Waals surface area contributed by atoms with Gasteiger partial charge in [0.25, 0.3) is 0 Å². The molecule has 124 valence electrons. The molecule has 1 saturated heterocycles. The molecule has 1 heterocycles. The van der Waals surface area contributed by atoms with Gasteiger partial charge in [-0.25, -0.2) is 4.79 Å². The zero-order valence-electron chi connectivity index (χ0n) is 12.7. The molecule has 0 aromatic rings. The number of ether oxygens (including phenoxy) is 2. The maximum atomic E-state index is 11.8. The molecule has 21 heavy (non-hydrogen) atoms. The van der Waals surface area contributed by atoms with Crippen molar-refractivity contribution in [3.05, 3.63) is 0 Å². The maximum Gasteiger partial charge on any atom is 0.522 e. The van der Waals surface area contributed by atoms with Gasteiger partial charge < -0.3 is 9.64 Å². The molecule has 0 aliphatic carbocycles. The quantitative estimate of drug-likeness (QED) is 0.748. The molecule has 0 atom stereocenters. The molecule has 0 aromatic heterocycles. The molecule has 0 saturated carbocycles. The van der Waals surface area contributed by atoms with Crippen LogP contribution in [0.1, 0.15) is 27.2 Å². The van der Waals surface area contributed by atoms with Crippen LogP contribution in [0.15, 0.2) is 0 Å². The third-order valence-corrected chi connectivity index (χ3v) is 2.91. The summed E-state index contributed by atoms with van der Waals surface area (Å²) in [6.07, 6.45) is -4.59. The van der Waals surface area contributed by atoms with Crippen molar-refractivity contribution in [3.8, 4) is 0 Å². The Balaban J connectivity index is 2.19. The topological polar surface area (TPSA) is 42.0 Å². The Morgan fingerprint density at radius 2 is 1.67 bits per heavy atom. The van der Waals surface area contributed by atoms with Crippen LogP contribution in [0.3, 0.4) is 0 Å². The van der Waals surface area contributed by atoms with Gasteiger partial charge in [0, 0.05) is 32.7 Å². The van der Waals surface area contributed by atoms with Crippen LogP contribution in [-0.2, 0) is 9.47 Å². The Hall–Kier alpha value is -1.02. The fourth-order valence-corrected chi connectivity index (χ4v) is 1.96. The molecule has 0 N–H and O–H groups in total. The smallest absolute Gasteiger partial charge is 0.444 e. The van der Waals surface area contributed by atoms with Gasteiger partial charge in [0.1, 0.15) is 5.60 Å². The summed E-state index contributed by atoms with van der Waals surface area (Å²) in [5, 5.41) is 0. The second-order valence-corrected chi connectivity index (χ2v) is 5.96. The normalized spacial score (nSPS) is 17.9. The summed E-state index contributed by atoms with van der Waals surface area (Å²) in [6.45, 7) is 7.92. The van der Waals surface area contributed by atoms with Gasteiger partial charge in [-0.05, 0) is 27.2 Å². The highest BCUT2D eigenvalue weighted by atomic mass is 19.4. The minimum Gasteiger partial charge on any atom is -0.444 e. The van der Waals surface area contributed by atoms with E-state index in [1.807, 2.05) is 25.7 Å². The molecule has 0 aromatic carbocycles. The van der Waals surface area contributed by atoms with Crippen molar-refractivity contribution in [2.45, 2.75) is 39.2 Å². The number of halogens is 3. The number of amides is 1. The number of rotatable bonds is 4. The molecule has 1 rings (SSSR count). The van der Waals surface area contributed by atoms with Crippen LogP contribution in [0.4, 0.5) is 18.0 Å². The van der Waals surface area contributed by atoms with Crippen LogP contribution in [0.2, 0.25) is 0 Å². The number of hydrogen-bond donors (Lipinski definition) is 0. The third-order valence-electron chi connectivity index (χ3n) is 2.91. The molecular weight excluding hydrogens is 289 g/mol. The van der Waals surface area contributed by atoms with E-state index in [-0.39, 0.29) is 12.7 Å². The van der Waals surface area contributed by atoms with Gasteiger partial charge in [0.05, 0.1) is 6.61 Å². The Morgan fingerprint density at radius 1 is 1.10 bits per heavy atom. The van der Waals surface area contributed by atoms with Crippen LogP contribution in [0.25, 0.3) is 0 Å². The third kappa shape index (κ3) is 8.11. The van der Waals surface area contributed by atoms with E-state index in [0.29, 0.717) is 39.1 Å². The van der Waals surface area contributed by atoms with E-state index in [2.05, 4.69) is 4.74 Å². The summed E-state index contributed by atoms with van der Waals surface area (Å²) in [4.78, 5) is 15.5. The molecule has 0 radical (unpaired) electrons. The molecular formula is C13H23F3N2O3. The Bertz CT molecular complexity index is 335. The van der Waals surface area contributed by atoms with Crippen LogP contribution in [-0.4, -0.2) is 67.2 Å². The van der Waals surface area contributed by atoms with Gasteiger partial charge in [0.15, 0.2) is 0 Å². The van der Waals surface area contributed by atoms with E-state index >= 15 is 0 Å². The monoisotopic (exact) mass is 312 g/mol. The molecule has 0 unspecified atom stereocenters. The van der Waals surface area contributed by atoms with E-state index in [0.717, 1.165) is 0 Å². The Morgan fingerprint density at radius 3 is 2.14 bits per heavy atom. The van der Waals surface area contributed by atoms with Crippen LogP contribution >= 0.6 is 0 Å². The van der Waals surface area contributed by atoms with Crippen molar-refractivity contribution in [3.63, 3.8) is 0 Å². The van der Waals surface area contributed by atoms with E-state index < -0.39 is 12.0 Å². The SMILES string of the molecule is CC(C)(C)OC(=O)N1CCN(CCCOC(F)(F)F)CC1. The molecule has 1 amide bonds. The largest absolute Gasteiger partial charge is 0.522 e. The van der Waals surface area contributed by atoms with Crippen molar-refractivity contribution in [2.24, 2.45) is 0 Å². The zero-order chi connectivity index (χ0) is 16.1. The molecule has 8 heteroatoms. The first-order valence-corrected chi connectivity index (χ1v) is 6.98. The van der Waals surface area contributed by atoms with Crippen molar-refractivity contribution < 1.29 is 27.4 Å². The second kappa shape index (κ2) is 7.31. The summed E-state index contributed by atoms with van der Waals surface area (Å²) < 4.78 is 44.4. The number of nitrogens with zero attached hydrogens (tertiary/aromatic N) is 2. The van der Waals surface area contributed by atoms with Gasteiger partial charge in [0.2, 0.25) is 0 Å². The predicted molar refractivity (Wildman–Crippen MR) is 70.9 cm³/mol. The molecule has 0 spiro atoms. The predicted octanol–water partition coefficient (Wildman–Crippen LogP) is 2.47. The van der Waals surface area contributed by atoms with Gasteiger partial charge in [-0.3, -0.25) is 9.64 Å². The lowest BCUT2D eigenvalue weighted by Gasteiger charge is -2.35. The Labute approximate surface area is 123 Å². The lowest BCUT2D eigenvalue weighted by Crippen LogP contribution is -2.50. The van der Waals surface area contributed by atoms with Crippen molar-refractivity contribution >= 4 is 6.09 Å². The van der Waals surface area contributed by atoms with E-state index in [1.54, 1.807) is 4.90 Å². The summed E-state index contributed by atoms with van der Waals surface area (Å²) >= 11 is 0. The number of piperazine rings is 1. The lowest BCUT2D eigenvalue weighted by molar-refractivity contribution is -0.324. The highest BCUT2D eigenvalue weighted by Gasteiger charge is 2.29. The molecule has 0 bridgehead atoms. The summed E-state index contributed by atoms with van der Waals surface area (Å²) in [6, 6.07) is 0. The van der Waals surface area contributed by atoms with E-state index in [1.165, 1.54) is 0 Å². The average molecular weight is 312 g/mol. The number of carbonyl (C=O) groups excluding carboxylic acids is 1. The van der Waals surface area contributed by atoms with Crippen molar-refractivity contribution in [2.75, 3.05) is 39.3 Å². The van der Waals surface area contributed by atoms with Crippen molar-refractivity contribution in [1.29, 1.82) is 0 Å². The van der Waals surface area contributed by atoms with E-state index in [4.69, 9.17) is 4.74 Å². The first-order valence-electron chi connectivity index (χ1n) is 6.98. The van der Waals surface area contributed by atoms with Gasteiger partial charge in [-0.15, -0.1) is 13.2 Å². The van der Waals surface area contributed by atoms with E-state index in [9.17, 15) is 18.0 Å². The standard InChI is InChI=1S/C13H23F3N2O3/c1-12(2,3)21-11(19)18-8-6-17(7-9-18)5-4-10-20-13(14,15)16/h4-10H2,1-3H3. The molecule has 1 fully saturated rings. The highest BCUT2D eigenvalue weighted by Crippen LogP contribution is 2.16. The molecule has 1 aliphatic rings. The fourth-order valence-electron chi connectivity index (χ4n) is 1.96. The molecule has 5 nitrogen and oxygen atoms in total. The average Bonchev–Trinajstić information content (AvgIpc) is 2.32. The van der Waals surface area contributed by atoms with Gasteiger partial charge in [-0.2, -0.15) is 0 Å². The van der Waals surface area contributed by atoms with Crippen LogP contribution < -0.4 is 0 Å². The minimum absolute atomic E-state index is 0.311. The van der Waals surface area contributed by atoms with Crippen LogP contribution in [0, 0.1) is 0 Å². The highest BCUT2D eigenvalue weighted by molar-refractivity contribution is 5.68. The van der Waals surface area contributed by atoms with Crippen molar-refractivity contribution in [1.82, 2.24) is 9.80 Å². The zero-order valence-corrected chi connectivity index (χ0v) is 12.7. The Kier molecular flexibility index (Phi) is 6.27. The summed E-state index contributed by atoms with van der Waals surface area (Å²) in [5.41, 5.74) is -0.525.